The maximum absolute atomic E-state index is 10.5. The average Bonchev–Trinajstić information content (AvgIpc) is 2.62. The summed E-state index contributed by atoms with van der Waals surface area (Å²) in [5, 5.41) is 21.0. The largest absolute Gasteiger partial charge is 2.00 e. The van der Waals surface area contributed by atoms with E-state index in [9.17, 15) is 19.8 Å². The van der Waals surface area contributed by atoms with Crippen LogP contribution in [0.4, 0.5) is 0 Å². The fourth-order valence-corrected chi connectivity index (χ4v) is 5.65. The van der Waals surface area contributed by atoms with Crippen molar-refractivity contribution in [2.24, 2.45) is 0 Å². The molecule has 0 aromatic carbocycles. The van der Waals surface area contributed by atoms with Crippen LogP contribution in [0.15, 0.2) is 23.7 Å². The molecule has 2 aliphatic heterocycles. The molecule has 208 valence electrons. The summed E-state index contributed by atoms with van der Waals surface area (Å²) in [6.07, 6.45) is 5.63. The van der Waals surface area contributed by atoms with Crippen molar-refractivity contribution in [2.45, 2.75) is 129 Å². The fraction of sp³-hybridized carbons (Fsp3) is 0.786. The molecule has 2 rings (SSSR count). The minimum Gasteiger partial charge on any atom is -0.545 e. The first-order valence-corrected chi connectivity index (χ1v) is 12.7. The molecule has 0 amide bonds. The molecule has 0 bridgehead atoms. The van der Waals surface area contributed by atoms with E-state index in [-0.39, 0.29) is 72.1 Å². The number of carbonyl (C=O) groups is 2. The Balaban J connectivity index is 0.000000682. The number of likely N-dealkylation sites (tertiary alicyclic amines) is 2. The Bertz CT molecular complexity index is 757. The van der Waals surface area contributed by atoms with Crippen molar-refractivity contribution in [1.29, 1.82) is 0 Å². The van der Waals surface area contributed by atoms with Gasteiger partial charge in [-0.3, -0.25) is 9.80 Å². The Hall–Kier alpha value is -0.800. The normalized spacial score (nSPS) is 24.2. The minimum absolute atomic E-state index is 0. The Labute approximate surface area is 254 Å². The molecule has 0 unspecified atom stereocenters. The maximum atomic E-state index is 10.5. The van der Waals surface area contributed by atoms with Crippen molar-refractivity contribution in [3.05, 3.63) is 23.7 Å². The van der Waals surface area contributed by atoms with Crippen molar-refractivity contribution < 1.29 is 29.3 Å². The predicted molar refractivity (Wildman–Crippen MR) is 143 cm³/mol. The predicted octanol–water partition coefficient (Wildman–Crippen LogP) is 2.24. The van der Waals surface area contributed by atoms with Crippen LogP contribution in [-0.2, 0) is 19.1 Å². The van der Waals surface area contributed by atoms with E-state index in [4.69, 9.17) is 9.47 Å². The van der Waals surface area contributed by atoms with Gasteiger partial charge in [-0.2, -0.15) is 0 Å². The molecule has 2 saturated heterocycles. The number of piperidine rings is 2. The van der Waals surface area contributed by atoms with E-state index in [0.717, 1.165) is 37.8 Å². The van der Waals surface area contributed by atoms with Gasteiger partial charge in [0.15, 0.2) is 0 Å². The van der Waals surface area contributed by atoms with Gasteiger partial charge in [0, 0.05) is 47.8 Å². The number of carbonyl (C=O) groups excluding carboxylic acids is 2. The Morgan fingerprint density at radius 1 is 0.649 bits per heavy atom. The second kappa shape index (κ2) is 13.5. The van der Waals surface area contributed by atoms with Gasteiger partial charge >= 0.3 is 37.7 Å². The molecule has 37 heavy (non-hydrogen) atoms. The zero-order valence-corrected chi connectivity index (χ0v) is 27.4. The molecule has 0 atom stereocenters. The zero-order chi connectivity index (χ0) is 28.3. The number of nitrogens with zero attached hydrogens (tertiary/aromatic N) is 2. The number of ether oxygens (including phenoxy) is 2. The third-order valence-electron chi connectivity index (χ3n) is 7.89. The van der Waals surface area contributed by atoms with Crippen LogP contribution in [0.1, 0.15) is 94.9 Å². The van der Waals surface area contributed by atoms with Gasteiger partial charge in [-0.05, 0) is 95.5 Å². The van der Waals surface area contributed by atoms with Gasteiger partial charge < -0.3 is 29.3 Å². The third kappa shape index (κ3) is 11.1. The van der Waals surface area contributed by atoms with Gasteiger partial charge in [-0.25, -0.2) is 0 Å². The summed E-state index contributed by atoms with van der Waals surface area (Å²) in [5.41, 5.74) is 0.144. The Kier molecular flexibility index (Phi) is 13.2. The summed E-state index contributed by atoms with van der Waals surface area (Å²) in [5.74, 6) is -1.59. The van der Waals surface area contributed by atoms with Crippen LogP contribution >= 0.6 is 0 Å². The molecule has 0 N–H and O–H groups in total. The quantitative estimate of drug-likeness (QED) is 0.283. The first-order chi connectivity index (χ1) is 16.1. The molecule has 9 heteroatoms. The SMILES string of the molecule is C/C(=C/C(=O)[O-])OC1CC(C)(C)N(C)C(C)(C)C1.C/C(=C/C(=O)[O-])OC1CC(C)(C)N(C)C(C)(C)C1.[Ca+2]. The van der Waals surface area contributed by atoms with Gasteiger partial charge in [0.25, 0.3) is 0 Å². The van der Waals surface area contributed by atoms with Crippen LogP contribution in [0.25, 0.3) is 0 Å². The number of hydrogen-bond acceptors (Lipinski definition) is 8. The molecule has 0 aromatic rings. The van der Waals surface area contributed by atoms with Crippen molar-refractivity contribution >= 4 is 49.7 Å². The first-order valence-electron chi connectivity index (χ1n) is 12.7. The van der Waals surface area contributed by atoms with Gasteiger partial charge in [0.2, 0.25) is 0 Å². The van der Waals surface area contributed by atoms with E-state index in [1.165, 1.54) is 0 Å². The van der Waals surface area contributed by atoms with Gasteiger partial charge in [-0.15, -0.1) is 0 Å². The first kappa shape index (κ1) is 36.2. The van der Waals surface area contributed by atoms with E-state index >= 15 is 0 Å². The number of carboxylic acid groups (broad SMARTS) is 2. The Morgan fingerprint density at radius 3 is 1.05 bits per heavy atom. The van der Waals surface area contributed by atoms with Crippen LogP contribution in [0.3, 0.4) is 0 Å². The summed E-state index contributed by atoms with van der Waals surface area (Å²) in [4.78, 5) is 25.7. The van der Waals surface area contributed by atoms with Crippen molar-refractivity contribution in [3.8, 4) is 0 Å². The van der Waals surface area contributed by atoms with Crippen molar-refractivity contribution in [2.75, 3.05) is 14.1 Å². The second-order valence-corrected chi connectivity index (χ2v) is 12.8. The van der Waals surface area contributed by atoms with E-state index in [2.05, 4.69) is 79.3 Å². The van der Waals surface area contributed by atoms with Crippen molar-refractivity contribution in [3.63, 3.8) is 0 Å². The summed E-state index contributed by atoms with van der Waals surface area (Å²) in [6.45, 7) is 20.8. The number of rotatable bonds is 6. The van der Waals surface area contributed by atoms with E-state index in [0.29, 0.717) is 11.5 Å². The van der Waals surface area contributed by atoms with Gasteiger partial charge in [0.1, 0.15) is 12.2 Å². The molecular formula is C28H48CaN2O6. The fourth-order valence-electron chi connectivity index (χ4n) is 5.65. The molecule has 2 heterocycles. The number of aliphatic carboxylic acids is 2. The molecule has 0 saturated carbocycles. The summed E-state index contributed by atoms with van der Waals surface area (Å²) in [7, 11) is 4.25. The maximum Gasteiger partial charge on any atom is 2.00 e. The van der Waals surface area contributed by atoms with Crippen molar-refractivity contribution in [1.82, 2.24) is 9.80 Å². The topological polar surface area (TPSA) is 105 Å². The summed E-state index contributed by atoms with van der Waals surface area (Å²) < 4.78 is 11.5. The number of carboxylic acids is 2. The second-order valence-electron chi connectivity index (χ2n) is 12.8. The van der Waals surface area contributed by atoms with Crippen LogP contribution in [-0.4, -0.2) is 108 Å². The molecular weight excluding hydrogens is 500 g/mol. The summed E-state index contributed by atoms with van der Waals surface area (Å²) >= 11 is 0. The van der Waals surface area contributed by atoms with Crippen LogP contribution in [0.2, 0.25) is 0 Å². The molecule has 0 spiro atoms. The standard InChI is InChI=1S/2C14H25NO3.Ca/c2*1-10(7-12(16)17)18-11-8-13(2,3)15(6)14(4,5)9-11;/h2*7,11H,8-9H2,1-6H3,(H,16,17);/q;;+2/p-2/b2*10-7-;. The minimum atomic E-state index is -1.21. The molecule has 8 nitrogen and oxygen atoms in total. The van der Waals surface area contributed by atoms with Crippen LogP contribution < -0.4 is 10.2 Å². The Morgan fingerprint density at radius 2 is 0.865 bits per heavy atom. The average molecular weight is 549 g/mol. The van der Waals surface area contributed by atoms with Crippen LogP contribution in [0, 0.1) is 0 Å². The van der Waals surface area contributed by atoms with E-state index in [1.807, 2.05) is 0 Å². The zero-order valence-electron chi connectivity index (χ0n) is 25.2. The summed E-state index contributed by atoms with van der Waals surface area (Å²) in [6, 6.07) is 0. The third-order valence-corrected chi connectivity index (χ3v) is 7.89. The van der Waals surface area contributed by atoms with Gasteiger partial charge in [-0.1, -0.05) is 0 Å². The monoisotopic (exact) mass is 548 g/mol. The molecule has 0 radical (unpaired) electrons. The molecule has 0 aromatic heterocycles. The number of allylic oxidation sites excluding steroid dienone is 2. The van der Waals surface area contributed by atoms with E-state index < -0.39 is 11.9 Å². The smallest absolute Gasteiger partial charge is 0.545 e. The van der Waals surface area contributed by atoms with E-state index in [1.54, 1.807) is 13.8 Å². The number of hydrogen-bond donors (Lipinski definition) is 0. The molecule has 0 aliphatic carbocycles. The van der Waals surface area contributed by atoms with Crippen LogP contribution in [0.5, 0.6) is 0 Å². The molecule has 2 aliphatic rings. The molecule has 2 fully saturated rings. The van der Waals surface area contributed by atoms with Gasteiger partial charge in [0.05, 0.1) is 23.5 Å².